The summed E-state index contributed by atoms with van der Waals surface area (Å²) in [6.07, 6.45) is 0.924. The maximum absolute atomic E-state index is 12.1. The highest BCUT2D eigenvalue weighted by Gasteiger charge is 2.31. The number of amidine groups is 1. The highest BCUT2D eigenvalue weighted by molar-refractivity contribution is 8.14. The summed E-state index contributed by atoms with van der Waals surface area (Å²) >= 11 is 6.74. The zero-order valence-corrected chi connectivity index (χ0v) is 10.7. The maximum atomic E-state index is 12.1. The van der Waals surface area contributed by atoms with E-state index in [-0.39, 0.29) is 6.03 Å². The lowest BCUT2D eigenvalue weighted by molar-refractivity contribution is 0.184. The molecule has 0 aliphatic carbocycles. The van der Waals surface area contributed by atoms with Crippen molar-refractivity contribution in [3.8, 4) is 0 Å². The second-order valence-electron chi connectivity index (χ2n) is 3.51. The summed E-state index contributed by atoms with van der Waals surface area (Å²) in [6.45, 7) is 2.24. The fourth-order valence-corrected chi connectivity index (χ4v) is 2.75. The molecule has 0 aromatic heterocycles. The molecule has 0 unspecified atom stereocenters. The summed E-state index contributed by atoms with van der Waals surface area (Å²) in [4.78, 5) is 19.8. The van der Waals surface area contributed by atoms with E-state index in [1.807, 2.05) is 0 Å². The Labute approximate surface area is 104 Å². The lowest BCUT2D eigenvalue weighted by atomic mass is 10.3. The minimum atomic E-state index is -0.0567. The van der Waals surface area contributed by atoms with Gasteiger partial charge in [0.1, 0.15) is 0 Å². The molecule has 0 atom stereocenters. The lowest BCUT2D eigenvalue weighted by Gasteiger charge is -2.34. The normalized spacial score (nSPS) is 21.1. The van der Waals surface area contributed by atoms with Crippen LogP contribution in [0, 0.1) is 0 Å². The smallest absolute Gasteiger partial charge is 0.332 e. The first-order chi connectivity index (χ1) is 7.74. The average molecular weight is 258 g/mol. The number of amides is 2. The second-order valence-corrected chi connectivity index (χ2v) is 4.96. The van der Waals surface area contributed by atoms with Gasteiger partial charge in [0.2, 0.25) is 0 Å². The van der Waals surface area contributed by atoms with Crippen molar-refractivity contribution in [1.29, 1.82) is 0 Å². The lowest BCUT2D eigenvalue weighted by Crippen LogP contribution is -2.55. The predicted octanol–water partition coefficient (Wildman–Crippen LogP) is 0.721. The molecule has 5 nitrogen and oxygen atoms in total. The number of nitrogens with zero attached hydrogens (tertiary/aromatic N) is 3. The Morgan fingerprint density at radius 1 is 1.56 bits per heavy atom. The quantitative estimate of drug-likeness (QED) is 0.651. The third-order valence-electron chi connectivity index (χ3n) is 2.48. The Balaban J connectivity index is 2.10. The highest BCUT2D eigenvalue weighted by atomic mass is 32.2. The number of urea groups is 1. The number of hydrogen-bond acceptors (Lipinski definition) is 4. The van der Waals surface area contributed by atoms with Crippen molar-refractivity contribution in [2.75, 3.05) is 32.4 Å². The van der Waals surface area contributed by atoms with Gasteiger partial charge in [-0.2, -0.15) is 0 Å². The molecule has 0 saturated carbocycles. The van der Waals surface area contributed by atoms with E-state index in [4.69, 9.17) is 12.2 Å². The molecular formula is C9H14N4OS2. The second kappa shape index (κ2) is 5.01. The van der Waals surface area contributed by atoms with Gasteiger partial charge in [-0.05, 0) is 18.6 Å². The van der Waals surface area contributed by atoms with Crippen LogP contribution in [0.15, 0.2) is 4.99 Å². The average Bonchev–Trinajstić information content (AvgIpc) is 2.82. The third-order valence-corrected chi connectivity index (χ3v) is 3.90. The van der Waals surface area contributed by atoms with Crippen molar-refractivity contribution in [3.63, 3.8) is 0 Å². The molecule has 16 heavy (non-hydrogen) atoms. The maximum Gasteiger partial charge on any atom is 0.332 e. The number of nitrogens with one attached hydrogen (secondary N) is 1. The monoisotopic (exact) mass is 258 g/mol. The summed E-state index contributed by atoms with van der Waals surface area (Å²) in [6, 6.07) is -0.0567. The van der Waals surface area contributed by atoms with Crippen molar-refractivity contribution in [3.05, 3.63) is 0 Å². The van der Waals surface area contributed by atoms with E-state index in [0.29, 0.717) is 11.7 Å². The summed E-state index contributed by atoms with van der Waals surface area (Å²) in [7, 11) is 1.73. The summed E-state index contributed by atoms with van der Waals surface area (Å²) in [5.74, 6) is 0.968. The first-order valence-electron chi connectivity index (χ1n) is 5.22. The third kappa shape index (κ3) is 2.15. The Morgan fingerprint density at radius 3 is 3.00 bits per heavy atom. The van der Waals surface area contributed by atoms with Crippen molar-refractivity contribution >= 4 is 40.3 Å². The first-order valence-corrected chi connectivity index (χ1v) is 6.61. The number of carbonyl (C=O) groups excluding carboxylic acids is 1. The first kappa shape index (κ1) is 11.7. The van der Waals surface area contributed by atoms with E-state index in [0.717, 1.165) is 30.4 Å². The van der Waals surface area contributed by atoms with Crippen LogP contribution in [-0.2, 0) is 0 Å². The molecule has 2 aliphatic rings. The molecule has 88 valence electrons. The van der Waals surface area contributed by atoms with Gasteiger partial charge >= 0.3 is 6.03 Å². The van der Waals surface area contributed by atoms with Crippen molar-refractivity contribution in [2.24, 2.45) is 4.99 Å². The van der Waals surface area contributed by atoms with E-state index in [1.54, 1.807) is 28.6 Å². The van der Waals surface area contributed by atoms with Gasteiger partial charge in [0.25, 0.3) is 0 Å². The number of thioether (sulfide) groups is 1. The van der Waals surface area contributed by atoms with E-state index in [9.17, 15) is 4.79 Å². The van der Waals surface area contributed by atoms with E-state index in [1.165, 1.54) is 0 Å². The molecule has 0 bridgehead atoms. The number of carbonyl (C=O) groups is 1. The minimum Gasteiger partial charge on any atom is -0.365 e. The van der Waals surface area contributed by atoms with Crippen LogP contribution in [0.1, 0.15) is 6.42 Å². The van der Waals surface area contributed by atoms with Crippen LogP contribution >= 0.6 is 24.0 Å². The Kier molecular flexibility index (Phi) is 3.65. The van der Waals surface area contributed by atoms with Crippen LogP contribution in [0.3, 0.4) is 0 Å². The van der Waals surface area contributed by atoms with Crippen molar-refractivity contribution in [2.45, 2.75) is 6.42 Å². The van der Waals surface area contributed by atoms with E-state index < -0.39 is 0 Å². The molecule has 2 rings (SSSR count). The van der Waals surface area contributed by atoms with Crippen LogP contribution in [0.25, 0.3) is 0 Å². The summed E-state index contributed by atoms with van der Waals surface area (Å²) in [5.41, 5.74) is 0. The minimum absolute atomic E-state index is 0.0567. The number of aliphatic imine (C=N–C) groups is 1. The van der Waals surface area contributed by atoms with E-state index in [2.05, 4.69) is 10.3 Å². The zero-order valence-electron chi connectivity index (χ0n) is 9.10. The van der Waals surface area contributed by atoms with Gasteiger partial charge in [-0.25, -0.2) is 4.79 Å². The predicted molar refractivity (Wildman–Crippen MR) is 69.8 cm³/mol. The van der Waals surface area contributed by atoms with Crippen molar-refractivity contribution < 1.29 is 4.79 Å². The fraction of sp³-hybridized carbons (Fsp3) is 0.667. The summed E-state index contributed by atoms with van der Waals surface area (Å²) in [5, 5.41) is 4.17. The van der Waals surface area contributed by atoms with Gasteiger partial charge in [-0.1, -0.05) is 11.8 Å². The van der Waals surface area contributed by atoms with Crippen LogP contribution in [0.4, 0.5) is 4.79 Å². The highest BCUT2D eigenvalue weighted by Crippen LogP contribution is 2.20. The zero-order chi connectivity index (χ0) is 11.5. The van der Waals surface area contributed by atoms with Gasteiger partial charge < -0.3 is 5.32 Å². The van der Waals surface area contributed by atoms with Crippen LogP contribution in [-0.4, -0.2) is 58.5 Å². The van der Waals surface area contributed by atoms with Crippen LogP contribution in [0.2, 0.25) is 0 Å². The van der Waals surface area contributed by atoms with Crippen molar-refractivity contribution in [1.82, 2.24) is 15.1 Å². The van der Waals surface area contributed by atoms with E-state index >= 15 is 0 Å². The van der Waals surface area contributed by atoms with Gasteiger partial charge in [0.15, 0.2) is 10.3 Å². The molecule has 0 radical (unpaired) electrons. The number of rotatable bonds is 0. The van der Waals surface area contributed by atoms with Gasteiger partial charge in [-0.15, -0.1) is 0 Å². The number of thiocarbonyl (C=S) groups is 1. The molecule has 2 aliphatic heterocycles. The molecule has 0 aromatic carbocycles. The topological polar surface area (TPSA) is 47.9 Å². The summed E-state index contributed by atoms with van der Waals surface area (Å²) < 4.78 is 0. The molecule has 2 amide bonds. The van der Waals surface area contributed by atoms with Gasteiger partial charge in [0, 0.05) is 25.9 Å². The molecule has 7 heteroatoms. The molecule has 1 saturated heterocycles. The SMILES string of the molecule is CNC(=S)N1CCCN(C2=NCCS2)C1=O. The molecule has 1 fully saturated rings. The molecular weight excluding hydrogens is 244 g/mol. The van der Waals surface area contributed by atoms with Gasteiger partial charge in [-0.3, -0.25) is 14.8 Å². The fourth-order valence-electron chi connectivity index (χ4n) is 1.71. The van der Waals surface area contributed by atoms with Crippen LogP contribution < -0.4 is 5.32 Å². The molecule has 2 heterocycles. The Bertz CT molecular complexity index is 344. The molecule has 0 spiro atoms. The van der Waals surface area contributed by atoms with Crippen LogP contribution in [0.5, 0.6) is 0 Å². The molecule has 0 aromatic rings. The Hall–Kier alpha value is -0.820. The number of hydrogen-bond donors (Lipinski definition) is 1. The molecule has 1 N–H and O–H groups in total. The van der Waals surface area contributed by atoms with Gasteiger partial charge in [0.05, 0.1) is 6.54 Å². The Morgan fingerprint density at radius 2 is 2.38 bits per heavy atom. The largest absolute Gasteiger partial charge is 0.365 e. The standard InChI is InChI=1S/C9H14N4OS2/c1-10-7(15)12-4-2-5-13(9(12)14)8-11-3-6-16-8/h2-6H2,1H3,(H,10,15).